The van der Waals surface area contributed by atoms with Crippen molar-refractivity contribution >= 4 is 5.97 Å². The van der Waals surface area contributed by atoms with Gasteiger partial charge in [0.05, 0.1) is 12.7 Å². The van der Waals surface area contributed by atoms with Gasteiger partial charge in [0.2, 0.25) is 0 Å². The molecule has 0 aliphatic heterocycles. The van der Waals surface area contributed by atoms with E-state index in [1.165, 1.54) is 43.9 Å². The molecule has 3 N–H and O–H groups in total. The van der Waals surface area contributed by atoms with Crippen molar-refractivity contribution in [2.45, 2.75) is 70.8 Å². The molecule has 0 spiro atoms. The molecule has 0 bridgehead atoms. The predicted molar refractivity (Wildman–Crippen MR) is 140 cm³/mol. The van der Waals surface area contributed by atoms with Gasteiger partial charge in [-0.15, -0.1) is 0 Å². The highest BCUT2D eigenvalue weighted by Gasteiger charge is 2.26. The van der Waals surface area contributed by atoms with Gasteiger partial charge in [0, 0.05) is 11.6 Å². The highest BCUT2D eigenvalue weighted by Crippen LogP contribution is 2.36. The Hall–Kier alpha value is -2.57. The van der Waals surface area contributed by atoms with E-state index in [4.69, 9.17) is 4.74 Å². The van der Waals surface area contributed by atoms with Crippen LogP contribution < -0.4 is 5.32 Å². The molecule has 3 rings (SSSR count). The van der Waals surface area contributed by atoms with E-state index in [0.29, 0.717) is 11.6 Å². The van der Waals surface area contributed by atoms with E-state index in [1.54, 1.807) is 6.07 Å². The number of phenols is 2. The largest absolute Gasteiger partial charge is 0.504 e. The smallest absolute Gasteiger partial charge is 0.337 e. The number of hydrogen-bond acceptors (Lipinski definition) is 6. The van der Waals surface area contributed by atoms with Crippen LogP contribution in [-0.4, -0.2) is 60.4 Å². The zero-order valence-corrected chi connectivity index (χ0v) is 21.4. The van der Waals surface area contributed by atoms with E-state index < -0.39 is 0 Å². The summed E-state index contributed by atoms with van der Waals surface area (Å²) in [5.74, 6) is -0.220. The molecular formula is C29H42N2O4. The van der Waals surface area contributed by atoms with E-state index in [-0.39, 0.29) is 17.5 Å². The van der Waals surface area contributed by atoms with Crippen LogP contribution in [0.5, 0.6) is 11.5 Å². The van der Waals surface area contributed by atoms with Crippen LogP contribution in [-0.2, 0) is 24.0 Å². The molecule has 0 amide bonds. The van der Waals surface area contributed by atoms with Crippen LogP contribution in [0.2, 0.25) is 0 Å². The molecule has 1 atom stereocenters. The van der Waals surface area contributed by atoms with Gasteiger partial charge in [-0.2, -0.15) is 0 Å². The molecule has 0 aromatic heterocycles. The molecule has 0 fully saturated rings. The van der Waals surface area contributed by atoms with Crippen LogP contribution in [0.4, 0.5) is 0 Å². The molecule has 1 aliphatic carbocycles. The van der Waals surface area contributed by atoms with E-state index in [1.807, 2.05) is 30.3 Å². The second-order valence-electron chi connectivity index (χ2n) is 9.61. The number of aromatic hydroxyl groups is 2. The van der Waals surface area contributed by atoms with Gasteiger partial charge in [-0.3, -0.25) is 0 Å². The quantitative estimate of drug-likeness (QED) is 0.203. The molecule has 0 radical (unpaired) electrons. The molecule has 0 unspecified atom stereocenters. The average molecular weight is 483 g/mol. The maximum absolute atomic E-state index is 11.5. The Balaban J connectivity index is 1.29. The third-order valence-electron chi connectivity index (χ3n) is 7.08. The van der Waals surface area contributed by atoms with Crippen molar-refractivity contribution in [1.82, 2.24) is 10.2 Å². The van der Waals surface area contributed by atoms with Gasteiger partial charge in [0.15, 0.2) is 11.5 Å². The van der Waals surface area contributed by atoms with Crippen LogP contribution in [0.3, 0.4) is 0 Å². The minimum atomic E-state index is -0.294. The standard InChI is InChI=1S/C29H42N2O4/c1-3-19-31(25-13-14-26-24(21-25)12-15-27(32)28(26)33)20-7-5-4-6-17-30-18-16-22-8-10-23(11-9-22)29(34)35-2/h8-12,15,25,30,32-33H,3-7,13-14,16-21H2,1-2H3/t25-/m0/s1. The first kappa shape index (κ1) is 27.0. The summed E-state index contributed by atoms with van der Waals surface area (Å²) in [4.78, 5) is 14.1. The molecule has 6 heteroatoms. The van der Waals surface area contributed by atoms with Crippen molar-refractivity contribution in [3.8, 4) is 11.5 Å². The number of fused-ring (bicyclic) bond motifs is 1. The van der Waals surface area contributed by atoms with Crippen molar-refractivity contribution < 1.29 is 19.7 Å². The molecule has 2 aromatic carbocycles. The van der Waals surface area contributed by atoms with Crippen molar-refractivity contribution in [3.05, 3.63) is 58.7 Å². The normalized spacial score (nSPS) is 15.2. The van der Waals surface area contributed by atoms with Crippen LogP contribution in [0.25, 0.3) is 0 Å². The minimum absolute atomic E-state index is 0.00334. The van der Waals surface area contributed by atoms with E-state index in [9.17, 15) is 15.0 Å². The van der Waals surface area contributed by atoms with E-state index >= 15 is 0 Å². The van der Waals surface area contributed by atoms with Gasteiger partial charge in [0.25, 0.3) is 0 Å². The van der Waals surface area contributed by atoms with Crippen LogP contribution in [0, 0.1) is 0 Å². The van der Waals surface area contributed by atoms with Gasteiger partial charge in [-0.1, -0.05) is 38.0 Å². The van der Waals surface area contributed by atoms with Crippen molar-refractivity contribution in [2.24, 2.45) is 0 Å². The van der Waals surface area contributed by atoms with Gasteiger partial charge < -0.3 is 25.2 Å². The number of hydrogen-bond donors (Lipinski definition) is 3. The van der Waals surface area contributed by atoms with E-state index in [0.717, 1.165) is 63.8 Å². The fraction of sp³-hybridized carbons (Fsp3) is 0.552. The monoisotopic (exact) mass is 482 g/mol. The molecule has 1 aliphatic rings. The summed E-state index contributed by atoms with van der Waals surface area (Å²) >= 11 is 0. The predicted octanol–water partition coefficient (Wildman–Crippen LogP) is 4.85. The van der Waals surface area contributed by atoms with Crippen LogP contribution in [0.15, 0.2) is 36.4 Å². The van der Waals surface area contributed by atoms with Crippen LogP contribution in [0.1, 0.15) is 72.5 Å². The second-order valence-corrected chi connectivity index (χ2v) is 9.61. The SMILES string of the molecule is CCCN(CCCCCCNCCc1ccc(C(=O)OC)cc1)[C@H]1CCc2c(ccc(O)c2O)C1. The number of ether oxygens (including phenoxy) is 1. The van der Waals surface area contributed by atoms with Gasteiger partial charge in [-0.25, -0.2) is 4.79 Å². The number of nitrogens with zero attached hydrogens (tertiary/aromatic N) is 1. The third-order valence-corrected chi connectivity index (χ3v) is 7.08. The summed E-state index contributed by atoms with van der Waals surface area (Å²) in [6.45, 7) is 6.47. The summed E-state index contributed by atoms with van der Waals surface area (Å²) < 4.78 is 4.74. The Labute approximate surface area is 210 Å². The topological polar surface area (TPSA) is 82.0 Å². The molecule has 192 valence electrons. The van der Waals surface area contributed by atoms with Gasteiger partial charge in [0.1, 0.15) is 0 Å². The lowest BCUT2D eigenvalue weighted by atomic mass is 9.86. The summed E-state index contributed by atoms with van der Waals surface area (Å²) in [6.07, 6.45) is 9.83. The number of carbonyl (C=O) groups excluding carboxylic acids is 1. The molecule has 2 aromatic rings. The lowest BCUT2D eigenvalue weighted by molar-refractivity contribution is 0.0600. The number of carbonyl (C=O) groups is 1. The third kappa shape index (κ3) is 7.97. The zero-order chi connectivity index (χ0) is 25.0. The fourth-order valence-corrected chi connectivity index (χ4v) is 5.08. The first-order valence-electron chi connectivity index (χ1n) is 13.2. The number of benzene rings is 2. The van der Waals surface area contributed by atoms with Crippen molar-refractivity contribution in [3.63, 3.8) is 0 Å². The highest BCUT2D eigenvalue weighted by molar-refractivity contribution is 5.89. The molecule has 6 nitrogen and oxygen atoms in total. The zero-order valence-electron chi connectivity index (χ0n) is 21.4. The Bertz CT molecular complexity index is 929. The maximum Gasteiger partial charge on any atom is 0.337 e. The van der Waals surface area contributed by atoms with Crippen molar-refractivity contribution in [2.75, 3.05) is 33.3 Å². The summed E-state index contributed by atoms with van der Waals surface area (Å²) in [5, 5.41) is 23.5. The average Bonchev–Trinajstić information content (AvgIpc) is 2.89. The molecular weight excluding hydrogens is 440 g/mol. The number of rotatable bonds is 14. The first-order chi connectivity index (χ1) is 17.0. The van der Waals surface area contributed by atoms with Crippen LogP contribution >= 0.6 is 0 Å². The lowest BCUT2D eigenvalue weighted by Gasteiger charge is -2.35. The van der Waals surface area contributed by atoms with Crippen molar-refractivity contribution in [1.29, 1.82) is 0 Å². The number of methoxy groups -OCH3 is 1. The maximum atomic E-state index is 11.5. The number of phenolic OH excluding ortho intramolecular Hbond substituents is 2. The van der Waals surface area contributed by atoms with Gasteiger partial charge in [-0.05, 0) is 100 Å². The Morgan fingerprint density at radius 2 is 1.80 bits per heavy atom. The second kappa shape index (κ2) is 14.1. The summed E-state index contributed by atoms with van der Waals surface area (Å²) in [5.41, 5.74) is 3.93. The van der Waals surface area contributed by atoms with E-state index in [2.05, 4.69) is 17.1 Å². The first-order valence-corrected chi connectivity index (χ1v) is 13.2. The molecule has 0 saturated carbocycles. The summed E-state index contributed by atoms with van der Waals surface area (Å²) in [7, 11) is 1.40. The Morgan fingerprint density at radius 3 is 2.54 bits per heavy atom. The lowest BCUT2D eigenvalue weighted by Crippen LogP contribution is -2.40. The molecule has 0 heterocycles. The molecule has 0 saturated heterocycles. The minimum Gasteiger partial charge on any atom is -0.504 e. The number of unbranched alkanes of at least 4 members (excludes halogenated alkanes) is 3. The fourth-order valence-electron chi connectivity index (χ4n) is 5.08. The Kier molecular flexibility index (Phi) is 10.9. The van der Waals surface area contributed by atoms with Gasteiger partial charge >= 0.3 is 5.97 Å². The number of esters is 1. The molecule has 35 heavy (non-hydrogen) atoms. The summed E-state index contributed by atoms with van der Waals surface area (Å²) in [6, 6.07) is 11.8. The highest BCUT2D eigenvalue weighted by atomic mass is 16.5. The Morgan fingerprint density at radius 1 is 1.03 bits per heavy atom. The number of nitrogens with one attached hydrogen (secondary N) is 1.